The lowest BCUT2D eigenvalue weighted by Crippen LogP contribution is -2.06. The van der Waals surface area contributed by atoms with Gasteiger partial charge in [-0.25, -0.2) is 0 Å². The van der Waals surface area contributed by atoms with E-state index in [1.807, 2.05) is 0 Å². The summed E-state index contributed by atoms with van der Waals surface area (Å²) in [6.45, 7) is 1.65. The van der Waals surface area contributed by atoms with Gasteiger partial charge in [0.05, 0.1) is 24.2 Å². The zero-order chi connectivity index (χ0) is 11.4. The first-order chi connectivity index (χ1) is 7.04. The molecule has 0 spiro atoms. The molecule has 0 bridgehead atoms. The second-order valence-corrected chi connectivity index (χ2v) is 3.31. The van der Waals surface area contributed by atoms with Crippen molar-refractivity contribution in [3.8, 4) is 5.75 Å². The van der Waals surface area contributed by atoms with Gasteiger partial charge in [0.1, 0.15) is 5.75 Å². The summed E-state index contributed by atoms with van der Waals surface area (Å²) >= 11 is 0. The van der Waals surface area contributed by atoms with Gasteiger partial charge in [0.15, 0.2) is 0 Å². The lowest BCUT2D eigenvalue weighted by atomic mass is 10.1. The Morgan fingerprint density at radius 1 is 1.60 bits per heavy atom. The number of nitrogens with zero attached hydrogens (tertiary/aromatic N) is 1. The maximum Gasteiger partial charge on any atom is 0.273 e. The first-order valence-corrected chi connectivity index (χ1v) is 4.54. The first kappa shape index (κ1) is 11.5. The van der Waals surface area contributed by atoms with Crippen molar-refractivity contribution in [1.82, 2.24) is 0 Å². The molecule has 1 rings (SSSR count). The van der Waals surface area contributed by atoms with E-state index < -0.39 is 11.0 Å². The van der Waals surface area contributed by atoms with Crippen molar-refractivity contribution >= 4 is 5.69 Å². The highest BCUT2D eigenvalue weighted by molar-refractivity contribution is 5.44. The highest BCUT2D eigenvalue weighted by Gasteiger charge is 2.12. The Hall–Kier alpha value is -1.62. The third kappa shape index (κ3) is 2.92. The topological polar surface area (TPSA) is 72.6 Å². The molecule has 0 aliphatic carbocycles. The zero-order valence-corrected chi connectivity index (χ0v) is 8.64. The standard InChI is InChI=1S/C10H13NO4/c1-7(12)5-8-3-4-9(11(13)14)6-10(8)15-2/h3-4,6-7,12H,5H2,1-2H3/t7-/m1/s1. The van der Waals surface area contributed by atoms with Gasteiger partial charge in [-0.2, -0.15) is 0 Å². The predicted molar refractivity (Wildman–Crippen MR) is 55.0 cm³/mol. The molecule has 0 saturated carbocycles. The van der Waals surface area contributed by atoms with Crippen molar-refractivity contribution in [3.63, 3.8) is 0 Å². The number of aliphatic hydroxyl groups is 1. The summed E-state index contributed by atoms with van der Waals surface area (Å²) in [6, 6.07) is 4.36. The maximum absolute atomic E-state index is 10.5. The Balaban J connectivity index is 3.03. The van der Waals surface area contributed by atoms with Crippen LogP contribution < -0.4 is 4.74 Å². The second-order valence-electron chi connectivity index (χ2n) is 3.31. The fourth-order valence-corrected chi connectivity index (χ4v) is 1.33. The molecule has 5 heteroatoms. The SMILES string of the molecule is COc1cc([N+](=O)[O-])ccc1C[C@@H](C)O. The van der Waals surface area contributed by atoms with Crippen LogP contribution in [0, 0.1) is 10.1 Å². The molecule has 1 aromatic rings. The Kier molecular flexibility index (Phi) is 3.62. The quantitative estimate of drug-likeness (QED) is 0.605. The van der Waals surface area contributed by atoms with Crippen LogP contribution in [0.4, 0.5) is 5.69 Å². The van der Waals surface area contributed by atoms with Gasteiger partial charge in [-0.3, -0.25) is 10.1 Å². The molecule has 15 heavy (non-hydrogen) atoms. The third-order valence-electron chi connectivity index (χ3n) is 2.00. The molecule has 0 unspecified atom stereocenters. The van der Waals surface area contributed by atoms with E-state index in [2.05, 4.69) is 0 Å². The van der Waals surface area contributed by atoms with Crippen LogP contribution in [0.1, 0.15) is 12.5 Å². The van der Waals surface area contributed by atoms with E-state index in [9.17, 15) is 15.2 Å². The lowest BCUT2D eigenvalue weighted by molar-refractivity contribution is -0.384. The van der Waals surface area contributed by atoms with Crippen LogP contribution in [0.2, 0.25) is 0 Å². The molecule has 0 aliphatic rings. The molecule has 5 nitrogen and oxygen atoms in total. The van der Waals surface area contributed by atoms with Gasteiger partial charge in [0, 0.05) is 12.5 Å². The largest absolute Gasteiger partial charge is 0.496 e. The fourth-order valence-electron chi connectivity index (χ4n) is 1.33. The molecule has 1 N–H and O–H groups in total. The zero-order valence-electron chi connectivity index (χ0n) is 8.64. The summed E-state index contributed by atoms with van der Waals surface area (Å²) < 4.78 is 5.02. The Bertz CT molecular complexity index is 362. The highest BCUT2D eigenvalue weighted by atomic mass is 16.6. The van der Waals surface area contributed by atoms with Crippen molar-refractivity contribution in [1.29, 1.82) is 0 Å². The van der Waals surface area contributed by atoms with Crippen molar-refractivity contribution in [3.05, 3.63) is 33.9 Å². The van der Waals surface area contributed by atoms with Crippen LogP contribution in [-0.4, -0.2) is 23.2 Å². The average molecular weight is 211 g/mol. The van der Waals surface area contributed by atoms with Crippen LogP contribution in [0.15, 0.2) is 18.2 Å². The summed E-state index contributed by atoms with van der Waals surface area (Å²) in [5.41, 5.74) is 0.749. The number of ether oxygens (including phenoxy) is 1. The molecular formula is C10H13NO4. The van der Waals surface area contributed by atoms with Crippen LogP contribution in [-0.2, 0) is 6.42 Å². The first-order valence-electron chi connectivity index (χ1n) is 4.54. The van der Waals surface area contributed by atoms with Crippen molar-refractivity contribution < 1.29 is 14.8 Å². The predicted octanol–water partition coefficient (Wildman–Crippen LogP) is 1.53. The molecule has 0 saturated heterocycles. The summed E-state index contributed by atoms with van der Waals surface area (Å²) in [7, 11) is 1.45. The van der Waals surface area contributed by atoms with E-state index in [1.54, 1.807) is 13.0 Å². The van der Waals surface area contributed by atoms with Crippen molar-refractivity contribution in [2.45, 2.75) is 19.4 Å². The van der Waals surface area contributed by atoms with Crippen LogP contribution in [0.25, 0.3) is 0 Å². The summed E-state index contributed by atoms with van der Waals surface area (Å²) in [5, 5.41) is 19.7. The van der Waals surface area contributed by atoms with Gasteiger partial charge in [0.25, 0.3) is 5.69 Å². The van der Waals surface area contributed by atoms with Crippen molar-refractivity contribution in [2.75, 3.05) is 7.11 Å². The van der Waals surface area contributed by atoms with Gasteiger partial charge < -0.3 is 9.84 Å². The van der Waals surface area contributed by atoms with Crippen LogP contribution in [0.5, 0.6) is 5.75 Å². The van der Waals surface area contributed by atoms with Gasteiger partial charge in [-0.1, -0.05) is 0 Å². The van der Waals surface area contributed by atoms with Gasteiger partial charge in [0.2, 0.25) is 0 Å². The van der Waals surface area contributed by atoms with Gasteiger partial charge in [-0.15, -0.1) is 0 Å². The van der Waals surface area contributed by atoms with E-state index in [0.717, 1.165) is 5.56 Å². The number of non-ortho nitro benzene ring substituents is 1. The average Bonchev–Trinajstić information content (AvgIpc) is 2.17. The van der Waals surface area contributed by atoms with E-state index in [-0.39, 0.29) is 5.69 Å². The highest BCUT2D eigenvalue weighted by Crippen LogP contribution is 2.25. The van der Waals surface area contributed by atoms with Crippen LogP contribution >= 0.6 is 0 Å². The minimum Gasteiger partial charge on any atom is -0.496 e. The Labute approximate surface area is 87.5 Å². The van der Waals surface area contributed by atoms with E-state index >= 15 is 0 Å². The Morgan fingerprint density at radius 3 is 2.73 bits per heavy atom. The van der Waals surface area contributed by atoms with E-state index in [0.29, 0.717) is 12.2 Å². The maximum atomic E-state index is 10.5. The number of hydrogen-bond acceptors (Lipinski definition) is 4. The minimum absolute atomic E-state index is 0.0128. The smallest absolute Gasteiger partial charge is 0.273 e. The van der Waals surface area contributed by atoms with Crippen LogP contribution in [0.3, 0.4) is 0 Å². The van der Waals surface area contributed by atoms with E-state index in [1.165, 1.54) is 19.2 Å². The molecule has 0 fully saturated rings. The Morgan fingerprint density at radius 2 is 2.27 bits per heavy atom. The summed E-state index contributed by atoms with van der Waals surface area (Å²) in [4.78, 5) is 10.0. The molecule has 82 valence electrons. The molecule has 0 aromatic heterocycles. The number of nitro benzene ring substituents is 1. The van der Waals surface area contributed by atoms with Gasteiger partial charge in [-0.05, 0) is 18.6 Å². The molecule has 1 aromatic carbocycles. The number of rotatable bonds is 4. The lowest BCUT2D eigenvalue weighted by Gasteiger charge is -2.09. The molecule has 0 radical (unpaired) electrons. The monoisotopic (exact) mass is 211 g/mol. The number of methoxy groups -OCH3 is 1. The van der Waals surface area contributed by atoms with Crippen molar-refractivity contribution in [2.24, 2.45) is 0 Å². The summed E-state index contributed by atoms with van der Waals surface area (Å²) in [6.07, 6.45) is -0.0818. The number of benzene rings is 1. The summed E-state index contributed by atoms with van der Waals surface area (Å²) in [5.74, 6) is 0.435. The molecule has 0 amide bonds. The number of hydrogen-bond donors (Lipinski definition) is 1. The molecule has 1 atom stereocenters. The number of aliphatic hydroxyl groups excluding tert-OH is 1. The minimum atomic E-state index is -0.500. The normalized spacial score (nSPS) is 12.2. The van der Waals surface area contributed by atoms with E-state index in [4.69, 9.17) is 4.74 Å². The van der Waals surface area contributed by atoms with Gasteiger partial charge >= 0.3 is 0 Å². The molecule has 0 heterocycles. The third-order valence-corrected chi connectivity index (χ3v) is 2.00. The fraction of sp³-hybridized carbons (Fsp3) is 0.400. The molecular weight excluding hydrogens is 198 g/mol. The number of nitro groups is 1. The second kappa shape index (κ2) is 4.75. The molecule has 0 aliphatic heterocycles.